The molecule has 1 aromatic carbocycles. The lowest BCUT2D eigenvalue weighted by atomic mass is 10.1. The standard InChI is InChI=1S/C16H21NO2/c1-4-17-9-14-8-15(18-10-14)11-19-16-7-12(2)5-6-13(16)3/h5-8,10,17H,4,9,11H2,1-3H3. The zero-order valence-electron chi connectivity index (χ0n) is 11.8. The molecule has 0 saturated heterocycles. The Morgan fingerprint density at radius 3 is 2.84 bits per heavy atom. The molecule has 1 N–H and O–H groups in total. The number of benzene rings is 1. The minimum absolute atomic E-state index is 0.469. The maximum absolute atomic E-state index is 5.81. The molecule has 0 saturated carbocycles. The third kappa shape index (κ3) is 3.86. The quantitative estimate of drug-likeness (QED) is 0.861. The highest BCUT2D eigenvalue weighted by Gasteiger charge is 2.04. The molecule has 3 nitrogen and oxygen atoms in total. The molecule has 0 bridgehead atoms. The van der Waals surface area contributed by atoms with Gasteiger partial charge in [0.1, 0.15) is 18.1 Å². The molecule has 0 amide bonds. The molecular weight excluding hydrogens is 238 g/mol. The average molecular weight is 259 g/mol. The van der Waals surface area contributed by atoms with E-state index in [9.17, 15) is 0 Å². The summed E-state index contributed by atoms with van der Waals surface area (Å²) in [5.74, 6) is 1.78. The lowest BCUT2D eigenvalue weighted by Gasteiger charge is -2.08. The molecule has 2 aromatic rings. The van der Waals surface area contributed by atoms with E-state index < -0.39 is 0 Å². The normalized spacial score (nSPS) is 10.7. The summed E-state index contributed by atoms with van der Waals surface area (Å²) in [5.41, 5.74) is 3.50. The van der Waals surface area contributed by atoms with Gasteiger partial charge in [0.2, 0.25) is 0 Å². The SMILES string of the molecule is CCNCc1coc(COc2cc(C)ccc2C)c1. The number of furan rings is 1. The summed E-state index contributed by atoms with van der Waals surface area (Å²) in [7, 11) is 0. The van der Waals surface area contributed by atoms with Gasteiger partial charge in [0, 0.05) is 12.1 Å². The molecule has 1 aromatic heterocycles. The van der Waals surface area contributed by atoms with Crippen LogP contribution in [-0.2, 0) is 13.2 Å². The van der Waals surface area contributed by atoms with Gasteiger partial charge in [-0.1, -0.05) is 19.1 Å². The monoisotopic (exact) mass is 259 g/mol. The van der Waals surface area contributed by atoms with Gasteiger partial charge in [-0.15, -0.1) is 0 Å². The fourth-order valence-corrected chi connectivity index (χ4v) is 1.88. The Morgan fingerprint density at radius 2 is 2.05 bits per heavy atom. The smallest absolute Gasteiger partial charge is 0.146 e. The Bertz CT molecular complexity index is 531. The van der Waals surface area contributed by atoms with Gasteiger partial charge in [0.15, 0.2) is 0 Å². The maximum Gasteiger partial charge on any atom is 0.146 e. The third-order valence-electron chi connectivity index (χ3n) is 3.00. The van der Waals surface area contributed by atoms with Crippen molar-refractivity contribution in [2.45, 2.75) is 33.9 Å². The van der Waals surface area contributed by atoms with Crippen molar-refractivity contribution in [1.82, 2.24) is 5.32 Å². The van der Waals surface area contributed by atoms with E-state index in [2.05, 4.69) is 37.4 Å². The van der Waals surface area contributed by atoms with Gasteiger partial charge < -0.3 is 14.5 Å². The van der Waals surface area contributed by atoms with E-state index in [1.165, 1.54) is 5.56 Å². The van der Waals surface area contributed by atoms with Crippen molar-refractivity contribution >= 4 is 0 Å². The predicted molar refractivity (Wildman–Crippen MR) is 76.3 cm³/mol. The van der Waals surface area contributed by atoms with E-state index in [0.717, 1.165) is 35.7 Å². The minimum Gasteiger partial charge on any atom is -0.485 e. The molecule has 0 unspecified atom stereocenters. The molecule has 0 radical (unpaired) electrons. The minimum atomic E-state index is 0.469. The van der Waals surface area contributed by atoms with Crippen molar-refractivity contribution in [2.24, 2.45) is 0 Å². The van der Waals surface area contributed by atoms with Gasteiger partial charge in [-0.2, -0.15) is 0 Å². The van der Waals surface area contributed by atoms with Crippen LogP contribution in [-0.4, -0.2) is 6.54 Å². The van der Waals surface area contributed by atoms with Crippen LogP contribution in [0.3, 0.4) is 0 Å². The first-order valence-electron chi connectivity index (χ1n) is 6.66. The Morgan fingerprint density at radius 1 is 1.21 bits per heavy atom. The van der Waals surface area contributed by atoms with Crippen molar-refractivity contribution in [3.63, 3.8) is 0 Å². The van der Waals surface area contributed by atoms with Gasteiger partial charge in [-0.05, 0) is 43.7 Å². The summed E-state index contributed by atoms with van der Waals surface area (Å²) in [4.78, 5) is 0. The molecule has 19 heavy (non-hydrogen) atoms. The van der Waals surface area contributed by atoms with Crippen LogP contribution >= 0.6 is 0 Å². The van der Waals surface area contributed by atoms with Gasteiger partial charge in [0.25, 0.3) is 0 Å². The summed E-state index contributed by atoms with van der Waals surface area (Å²) in [6, 6.07) is 8.25. The first-order chi connectivity index (χ1) is 9.19. The van der Waals surface area contributed by atoms with Crippen LogP contribution in [0.25, 0.3) is 0 Å². The summed E-state index contributed by atoms with van der Waals surface area (Å²) >= 11 is 0. The van der Waals surface area contributed by atoms with Crippen LogP contribution in [0.4, 0.5) is 0 Å². The fraction of sp³-hybridized carbons (Fsp3) is 0.375. The predicted octanol–water partition coefficient (Wildman–Crippen LogP) is 3.58. The first kappa shape index (κ1) is 13.7. The topological polar surface area (TPSA) is 34.4 Å². The summed E-state index contributed by atoms with van der Waals surface area (Å²) < 4.78 is 11.3. The molecule has 3 heteroatoms. The zero-order chi connectivity index (χ0) is 13.7. The van der Waals surface area contributed by atoms with E-state index in [4.69, 9.17) is 9.15 Å². The van der Waals surface area contributed by atoms with Crippen LogP contribution in [0.5, 0.6) is 5.75 Å². The van der Waals surface area contributed by atoms with Gasteiger partial charge >= 0.3 is 0 Å². The Balaban J connectivity index is 1.94. The molecule has 102 valence electrons. The van der Waals surface area contributed by atoms with E-state index in [-0.39, 0.29) is 0 Å². The molecule has 0 spiro atoms. The van der Waals surface area contributed by atoms with Crippen molar-refractivity contribution in [3.05, 3.63) is 53.0 Å². The Labute approximate surface area is 114 Å². The van der Waals surface area contributed by atoms with E-state index >= 15 is 0 Å². The maximum atomic E-state index is 5.81. The van der Waals surface area contributed by atoms with Crippen LogP contribution < -0.4 is 10.1 Å². The fourth-order valence-electron chi connectivity index (χ4n) is 1.88. The summed E-state index contributed by atoms with van der Waals surface area (Å²) in [6.45, 7) is 8.46. The highest BCUT2D eigenvalue weighted by Crippen LogP contribution is 2.20. The zero-order valence-corrected chi connectivity index (χ0v) is 11.8. The molecule has 0 aliphatic rings. The van der Waals surface area contributed by atoms with Crippen molar-refractivity contribution in [2.75, 3.05) is 6.54 Å². The molecule has 0 fully saturated rings. The van der Waals surface area contributed by atoms with Crippen LogP contribution in [0, 0.1) is 13.8 Å². The Hall–Kier alpha value is -1.74. The largest absolute Gasteiger partial charge is 0.485 e. The van der Waals surface area contributed by atoms with Gasteiger partial charge in [0.05, 0.1) is 6.26 Å². The molecular formula is C16H21NO2. The second-order valence-corrected chi connectivity index (χ2v) is 4.76. The van der Waals surface area contributed by atoms with Crippen LogP contribution in [0.15, 0.2) is 34.9 Å². The number of hydrogen-bond donors (Lipinski definition) is 1. The Kier molecular flexibility index (Phi) is 4.63. The van der Waals surface area contributed by atoms with Crippen molar-refractivity contribution in [1.29, 1.82) is 0 Å². The van der Waals surface area contributed by atoms with Crippen molar-refractivity contribution in [3.8, 4) is 5.75 Å². The average Bonchev–Trinajstić information content (AvgIpc) is 2.85. The second kappa shape index (κ2) is 6.43. The highest BCUT2D eigenvalue weighted by molar-refractivity contribution is 5.36. The number of rotatable bonds is 6. The molecule has 1 heterocycles. The van der Waals surface area contributed by atoms with E-state index in [1.807, 2.05) is 13.0 Å². The summed E-state index contributed by atoms with van der Waals surface area (Å²) in [6.07, 6.45) is 1.78. The second-order valence-electron chi connectivity index (χ2n) is 4.76. The third-order valence-corrected chi connectivity index (χ3v) is 3.00. The lowest BCUT2D eigenvalue weighted by molar-refractivity contribution is 0.268. The first-order valence-corrected chi connectivity index (χ1v) is 6.66. The van der Waals surface area contributed by atoms with Crippen molar-refractivity contribution < 1.29 is 9.15 Å². The van der Waals surface area contributed by atoms with E-state index in [0.29, 0.717) is 6.61 Å². The highest BCUT2D eigenvalue weighted by atomic mass is 16.5. The van der Waals surface area contributed by atoms with Crippen LogP contribution in [0.2, 0.25) is 0 Å². The van der Waals surface area contributed by atoms with Gasteiger partial charge in [-0.3, -0.25) is 0 Å². The van der Waals surface area contributed by atoms with Gasteiger partial charge in [-0.25, -0.2) is 0 Å². The molecule has 0 aliphatic carbocycles. The number of aryl methyl sites for hydroxylation is 2. The van der Waals surface area contributed by atoms with Crippen LogP contribution in [0.1, 0.15) is 29.4 Å². The lowest BCUT2D eigenvalue weighted by Crippen LogP contribution is -2.10. The number of hydrogen-bond acceptors (Lipinski definition) is 3. The number of nitrogens with one attached hydrogen (secondary N) is 1. The molecule has 0 atom stereocenters. The summed E-state index contributed by atoms with van der Waals surface area (Å²) in [5, 5.41) is 3.27. The van der Waals surface area contributed by atoms with E-state index in [1.54, 1.807) is 6.26 Å². The molecule has 0 aliphatic heterocycles. The molecule has 2 rings (SSSR count). The number of ether oxygens (including phenoxy) is 1.